The van der Waals surface area contributed by atoms with Gasteiger partial charge in [0.15, 0.2) is 6.61 Å². The first-order chi connectivity index (χ1) is 8.97. The third-order valence-corrected chi connectivity index (χ3v) is 3.89. The van der Waals surface area contributed by atoms with Crippen LogP contribution in [0.5, 0.6) is 0 Å². The number of amides is 1. The van der Waals surface area contributed by atoms with Crippen LogP contribution in [-0.4, -0.2) is 18.5 Å². The van der Waals surface area contributed by atoms with Crippen LogP contribution >= 0.6 is 22.6 Å². The average molecular weight is 373 g/mol. The van der Waals surface area contributed by atoms with E-state index >= 15 is 0 Å². The summed E-state index contributed by atoms with van der Waals surface area (Å²) >= 11 is 2.22. The normalized spacial score (nSPS) is 20.8. The zero-order chi connectivity index (χ0) is 14.0. The molecule has 0 aromatic heterocycles. The Morgan fingerprint density at radius 1 is 1.47 bits per heavy atom. The van der Waals surface area contributed by atoms with Crippen LogP contribution in [-0.2, 0) is 14.3 Å². The molecule has 2 atom stereocenters. The number of carbonyl (C=O) groups excluding carboxylic acids is 2. The van der Waals surface area contributed by atoms with Crippen molar-refractivity contribution >= 4 is 40.2 Å². The highest BCUT2D eigenvalue weighted by Crippen LogP contribution is 2.38. The summed E-state index contributed by atoms with van der Waals surface area (Å²) in [5, 5.41) is 2.74. The molecule has 0 unspecified atom stereocenters. The summed E-state index contributed by atoms with van der Waals surface area (Å²) in [6, 6.07) is 5.74. The molecule has 5 heteroatoms. The van der Waals surface area contributed by atoms with Gasteiger partial charge in [-0.25, -0.2) is 0 Å². The second-order valence-electron chi connectivity index (χ2n) is 4.93. The molecule has 19 heavy (non-hydrogen) atoms. The van der Waals surface area contributed by atoms with Gasteiger partial charge < -0.3 is 10.1 Å². The van der Waals surface area contributed by atoms with Gasteiger partial charge in [-0.2, -0.15) is 0 Å². The van der Waals surface area contributed by atoms with Gasteiger partial charge in [0.05, 0.1) is 5.92 Å². The quantitative estimate of drug-likeness (QED) is 0.652. The average Bonchev–Trinajstić information content (AvgIpc) is 3.07. The summed E-state index contributed by atoms with van der Waals surface area (Å²) in [5.74, 6) is -0.171. The van der Waals surface area contributed by atoms with Crippen LogP contribution in [0.3, 0.4) is 0 Å². The number of carbonyl (C=O) groups is 2. The molecule has 1 saturated carbocycles. The molecule has 0 spiro atoms. The van der Waals surface area contributed by atoms with Crippen molar-refractivity contribution in [3.63, 3.8) is 0 Å². The van der Waals surface area contributed by atoms with Crippen molar-refractivity contribution in [1.29, 1.82) is 0 Å². The summed E-state index contributed by atoms with van der Waals surface area (Å²) in [5.41, 5.74) is 1.74. The molecule has 4 nitrogen and oxygen atoms in total. The number of halogens is 1. The van der Waals surface area contributed by atoms with Crippen LogP contribution in [0, 0.1) is 22.3 Å². The summed E-state index contributed by atoms with van der Waals surface area (Å²) < 4.78 is 6.09. The molecule has 1 fully saturated rings. The minimum atomic E-state index is -0.300. The van der Waals surface area contributed by atoms with E-state index < -0.39 is 0 Å². The molecule has 1 aromatic carbocycles. The third-order valence-electron chi connectivity index (χ3n) is 3.22. The molecular weight excluding hydrogens is 357 g/mol. The van der Waals surface area contributed by atoms with Gasteiger partial charge >= 0.3 is 5.97 Å². The second-order valence-corrected chi connectivity index (χ2v) is 6.18. The van der Waals surface area contributed by atoms with Crippen LogP contribution in [0.4, 0.5) is 5.69 Å². The highest BCUT2D eigenvalue weighted by molar-refractivity contribution is 14.1. The van der Waals surface area contributed by atoms with E-state index in [2.05, 4.69) is 27.9 Å². The molecule has 0 saturated heterocycles. The standard InChI is InChI=1S/C14H16INO3/c1-8-6-11(8)14(18)19-7-13(17)16-12-4-3-10(15)5-9(12)2/h3-5,8,11H,6-7H2,1-2H3,(H,16,17)/t8-,11+/m0/s1. The lowest BCUT2D eigenvalue weighted by Gasteiger charge is -2.09. The minimum absolute atomic E-state index is 0.00663. The maximum atomic E-state index is 11.7. The van der Waals surface area contributed by atoms with E-state index in [1.807, 2.05) is 32.0 Å². The highest BCUT2D eigenvalue weighted by Gasteiger charge is 2.40. The summed E-state index contributed by atoms with van der Waals surface area (Å²) in [7, 11) is 0. The highest BCUT2D eigenvalue weighted by atomic mass is 127. The van der Waals surface area contributed by atoms with E-state index in [0.717, 1.165) is 21.2 Å². The van der Waals surface area contributed by atoms with Gasteiger partial charge in [0.25, 0.3) is 5.91 Å². The summed E-state index contributed by atoms with van der Waals surface area (Å²) in [6.07, 6.45) is 0.872. The lowest BCUT2D eigenvalue weighted by molar-refractivity contribution is -0.148. The number of hydrogen-bond donors (Lipinski definition) is 1. The van der Waals surface area contributed by atoms with Gasteiger partial charge in [0.1, 0.15) is 0 Å². The Bertz CT molecular complexity index is 515. The van der Waals surface area contributed by atoms with Crippen LogP contribution in [0.25, 0.3) is 0 Å². The van der Waals surface area contributed by atoms with Crippen molar-refractivity contribution in [2.75, 3.05) is 11.9 Å². The fraction of sp³-hybridized carbons (Fsp3) is 0.429. The third kappa shape index (κ3) is 3.92. The van der Waals surface area contributed by atoms with E-state index in [1.165, 1.54) is 0 Å². The number of esters is 1. The number of ether oxygens (including phenoxy) is 1. The monoisotopic (exact) mass is 373 g/mol. The topological polar surface area (TPSA) is 55.4 Å². The zero-order valence-electron chi connectivity index (χ0n) is 10.9. The van der Waals surface area contributed by atoms with Crippen LogP contribution in [0.2, 0.25) is 0 Å². The lowest BCUT2D eigenvalue weighted by Crippen LogP contribution is -2.22. The fourth-order valence-electron chi connectivity index (χ4n) is 1.85. The maximum Gasteiger partial charge on any atom is 0.309 e. The van der Waals surface area contributed by atoms with Gasteiger partial charge in [-0.05, 0) is 65.6 Å². The van der Waals surface area contributed by atoms with E-state index in [1.54, 1.807) is 0 Å². The molecule has 0 radical (unpaired) electrons. The Morgan fingerprint density at radius 2 is 2.16 bits per heavy atom. The fourth-order valence-corrected chi connectivity index (χ4v) is 2.49. The second kappa shape index (κ2) is 5.90. The van der Waals surface area contributed by atoms with Gasteiger partial charge in [-0.15, -0.1) is 0 Å². The molecule has 1 N–H and O–H groups in total. The van der Waals surface area contributed by atoms with Crippen molar-refractivity contribution in [3.05, 3.63) is 27.3 Å². The van der Waals surface area contributed by atoms with E-state index in [0.29, 0.717) is 5.92 Å². The minimum Gasteiger partial charge on any atom is -0.455 e. The Balaban J connectivity index is 1.82. The molecule has 2 rings (SSSR count). The Kier molecular flexibility index (Phi) is 4.44. The molecule has 0 bridgehead atoms. The predicted molar refractivity (Wildman–Crippen MR) is 80.8 cm³/mol. The molecule has 1 amide bonds. The van der Waals surface area contributed by atoms with Gasteiger partial charge in [0, 0.05) is 9.26 Å². The Morgan fingerprint density at radius 3 is 2.74 bits per heavy atom. The van der Waals surface area contributed by atoms with Crippen molar-refractivity contribution in [3.8, 4) is 0 Å². The zero-order valence-corrected chi connectivity index (χ0v) is 13.1. The number of benzene rings is 1. The number of anilines is 1. The summed E-state index contributed by atoms with van der Waals surface area (Å²) in [4.78, 5) is 23.2. The van der Waals surface area contributed by atoms with Gasteiger partial charge in [-0.3, -0.25) is 9.59 Å². The first-order valence-corrected chi connectivity index (χ1v) is 7.28. The summed E-state index contributed by atoms with van der Waals surface area (Å²) in [6.45, 7) is 3.71. The van der Waals surface area contributed by atoms with Gasteiger partial charge in [0.2, 0.25) is 0 Å². The largest absolute Gasteiger partial charge is 0.455 e. The molecule has 102 valence electrons. The number of rotatable bonds is 4. The van der Waals surface area contributed by atoms with E-state index in [4.69, 9.17) is 4.74 Å². The number of aryl methyl sites for hydroxylation is 1. The van der Waals surface area contributed by atoms with E-state index in [-0.39, 0.29) is 24.4 Å². The first kappa shape index (κ1) is 14.3. The smallest absolute Gasteiger partial charge is 0.309 e. The van der Waals surface area contributed by atoms with Crippen molar-refractivity contribution in [2.24, 2.45) is 11.8 Å². The lowest BCUT2D eigenvalue weighted by atomic mass is 10.2. The molecule has 1 aromatic rings. The first-order valence-electron chi connectivity index (χ1n) is 6.20. The Labute approximate surface area is 126 Å². The number of hydrogen-bond acceptors (Lipinski definition) is 3. The van der Waals surface area contributed by atoms with Crippen LogP contribution < -0.4 is 5.32 Å². The van der Waals surface area contributed by atoms with Crippen molar-refractivity contribution in [1.82, 2.24) is 0 Å². The van der Waals surface area contributed by atoms with Crippen LogP contribution in [0.15, 0.2) is 18.2 Å². The molecule has 0 heterocycles. The SMILES string of the molecule is Cc1cc(I)ccc1NC(=O)COC(=O)[C@@H]1C[C@@H]1C. The van der Waals surface area contributed by atoms with Crippen molar-refractivity contribution < 1.29 is 14.3 Å². The Hall–Kier alpha value is -1.11. The predicted octanol–water partition coefficient (Wildman–Crippen LogP) is 2.74. The molecule has 1 aliphatic rings. The van der Waals surface area contributed by atoms with Crippen LogP contribution in [0.1, 0.15) is 18.9 Å². The maximum absolute atomic E-state index is 11.7. The molecule has 1 aliphatic carbocycles. The van der Waals surface area contributed by atoms with Crippen molar-refractivity contribution in [2.45, 2.75) is 20.3 Å². The molecule has 0 aliphatic heterocycles. The van der Waals surface area contributed by atoms with Gasteiger partial charge in [-0.1, -0.05) is 6.92 Å². The van der Waals surface area contributed by atoms with E-state index in [9.17, 15) is 9.59 Å². The number of nitrogens with one attached hydrogen (secondary N) is 1. The molecular formula is C14H16INO3.